The van der Waals surface area contributed by atoms with Gasteiger partial charge in [0.05, 0.1) is 16.5 Å². The van der Waals surface area contributed by atoms with E-state index in [1.807, 2.05) is 78.4 Å². The number of aromatic nitrogens is 3. The van der Waals surface area contributed by atoms with Gasteiger partial charge in [-0.05, 0) is 61.7 Å². The third kappa shape index (κ3) is 5.42. The SMILES string of the molecule is Cc1ccc2cc(-n3ccnc3C(Cc3ccccc3)NC(=O)NS(=O)(=O)c3ccccc3C)ccc2n1. The minimum Gasteiger partial charge on any atom is -0.327 e. The van der Waals surface area contributed by atoms with Crippen molar-refractivity contribution in [3.8, 4) is 5.69 Å². The van der Waals surface area contributed by atoms with Crippen LogP contribution in [0.15, 0.2) is 102 Å². The van der Waals surface area contributed by atoms with Crippen LogP contribution in [0.5, 0.6) is 0 Å². The Labute approximate surface area is 221 Å². The lowest BCUT2D eigenvalue weighted by Crippen LogP contribution is -2.42. The van der Waals surface area contributed by atoms with Gasteiger partial charge in [-0.1, -0.05) is 54.6 Å². The van der Waals surface area contributed by atoms with Gasteiger partial charge >= 0.3 is 6.03 Å². The number of nitrogens with zero attached hydrogens (tertiary/aromatic N) is 3. The molecule has 9 heteroatoms. The number of pyridine rings is 1. The normalized spacial score (nSPS) is 12.3. The summed E-state index contributed by atoms with van der Waals surface area (Å²) < 4.78 is 29.9. The van der Waals surface area contributed by atoms with Crippen LogP contribution in [-0.4, -0.2) is 29.0 Å². The van der Waals surface area contributed by atoms with Crippen LogP contribution in [0.4, 0.5) is 4.79 Å². The first-order valence-corrected chi connectivity index (χ1v) is 13.6. The average molecular weight is 526 g/mol. The van der Waals surface area contributed by atoms with Crippen molar-refractivity contribution >= 4 is 27.0 Å². The molecule has 0 saturated heterocycles. The van der Waals surface area contributed by atoms with Crippen LogP contribution in [0.25, 0.3) is 16.6 Å². The molecule has 8 nitrogen and oxygen atoms in total. The van der Waals surface area contributed by atoms with Crippen LogP contribution in [0.3, 0.4) is 0 Å². The first-order chi connectivity index (χ1) is 18.3. The lowest BCUT2D eigenvalue weighted by molar-refractivity contribution is 0.241. The summed E-state index contributed by atoms with van der Waals surface area (Å²) in [6.45, 7) is 3.63. The first kappa shape index (κ1) is 25.2. The molecule has 192 valence electrons. The number of carbonyl (C=O) groups excluding carboxylic acids is 1. The maximum atomic E-state index is 13.0. The molecule has 0 aliphatic carbocycles. The summed E-state index contributed by atoms with van der Waals surface area (Å²) in [7, 11) is -4.06. The number of nitrogens with one attached hydrogen (secondary N) is 2. The van der Waals surface area contributed by atoms with Crippen LogP contribution < -0.4 is 10.0 Å². The molecule has 2 aromatic heterocycles. The van der Waals surface area contributed by atoms with Gasteiger partial charge in [-0.3, -0.25) is 4.98 Å². The molecule has 1 unspecified atom stereocenters. The number of imidazole rings is 1. The molecular formula is C29H27N5O3S. The highest BCUT2D eigenvalue weighted by atomic mass is 32.2. The third-order valence-corrected chi connectivity index (χ3v) is 7.76. The second-order valence-electron chi connectivity index (χ2n) is 9.07. The number of benzene rings is 3. The van der Waals surface area contributed by atoms with E-state index in [1.54, 1.807) is 31.3 Å². The summed E-state index contributed by atoms with van der Waals surface area (Å²) in [5, 5.41) is 3.82. The molecule has 1 atom stereocenters. The van der Waals surface area contributed by atoms with Gasteiger partial charge in [-0.2, -0.15) is 0 Å². The van der Waals surface area contributed by atoms with Crippen LogP contribution in [0.1, 0.15) is 28.7 Å². The van der Waals surface area contributed by atoms with Crippen LogP contribution in [0.2, 0.25) is 0 Å². The molecule has 2 N–H and O–H groups in total. The Kier molecular flexibility index (Phi) is 6.93. The van der Waals surface area contributed by atoms with Gasteiger partial charge in [0, 0.05) is 29.2 Å². The fourth-order valence-electron chi connectivity index (χ4n) is 4.44. The molecule has 3 aromatic carbocycles. The van der Waals surface area contributed by atoms with E-state index in [4.69, 9.17) is 0 Å². The molecule has 2 heterocycles. The van der Waals surface area contributed by atoms with Crippen molar-refractivity contribution in [2.45, 2.75) is 31.2 Å². The summed E-state index contributed by atoms with van der Waals surface area (Å²) in [5.41, 5.74) is 4.18. The second kappa shape index (κ2) is 10.5. The molecule has 0 aliphatic heterocycles. The van der Waals surface area contributed by atoms with E-state index in [0.29, 0.717) is 17.8 Å². The van der Waals surface area contributed by atoms with Gasteiger partial charge < -0.3 is 9.88 Å². The summed E-state index contributed by atoms with van der Waals surface area (Å²) >= 11 is 0. The van der Waals surface area contributed by atoms with Gasteiger partial charge in [0.1, 0.15) is 5.82 Å². The van der Waals surface area contributed by atoms with Gasteiger partial charge in [0.25, 0.3) is 10.0 Å². The number of fused-ring (bicyclic) bond motifs is 1. The van der Waals surface area contributed by atoms with E-state index < -0.39 is 22.1 Å². The number of carbonyl (C=O) groups is 1. The quantitative estimate of drug-likeness (QED) is 0.311. The van der Waals surface area contributed by atoms with Crippen LogP contribution in [-0.2, 0) is 16.4 Å². The minimum atomic E-state index is -4.06. The van der Waals surface area contributed by atoms with Crippen molar-refractivity contribution in [1.29, 1.82) is 0 Å². The third-order valence-electron chi connectivity index (χ3n) is 6.27. The van der Waals surface area contributed by atoms with Crippen molar-refractivity contribution in [1.82, 2.24) is 24.6 Å². The molecule has 0 bridgehead atoms. The molecular weight excluding hydrogens is 498 g/mol. The molecule has 0 radical (unpaired) electrons. The number of sulfonamides is 1. The fraction of sp³-hybridized carbons (Fsp3) is 0.138. The standard InChI is InChI=1S/C29H27N5O3S/c1-20-8-6-7-11-27(20)38(36,37)33-29(35)32-26(18-22-9-4-3-5-10-22)28-30-16-17-34(28)24-14-15-25-23(19-24)13-12-21(2)31-25/h3-17,19,26H,18H2,1-2H3,(H2,32,33,35). The maximum absolute atomic E-state index is 13.0. The lowest BCUT2D eigenvalue weighted by Gasteiger charge is -2.21. The zero-order chi connectivity index (χ0) is 26.7. The summed E-state index contributed by atoms with van der Waals surface area (Å²) in [6, 6.07) is 24.6. The Bertz CT molecular complexity index is 1720. The Morgan fingerprint density at radius 3 is 2.50 bits per heavy atom. The van der Waals surface area contributed by atoms with Gasteiger partial charge in [0.2, 0.25) is 0 Å². The number of hydrogen-bond acceptors (Lipinski definition) is 5. The van der Waals surface area contributed by atoms with E-state index in [-0.39, 0.29) is 4.90 Å². The summed E-state index contributed by atoms with van der Waals surface area (Å²) in [5.74, 6) is 0.566. The first-order valence-electron chi connectivity index (χ1n) is 12.1. The topological polar surface area (TPSA) is 106 Å². The molecule has 0 fully saturated rings. The van der Waals surface area contributed by atoms with Crippen molar-refractivity contribution < 1.29 is 13.2 Å². The number of hydrogen-bond donors (Lipinski definition) is 2. The Morgan fingerprint density at radius 1 is 0.947 bits per heavy atom. The number of urea groups is 1. The number of amides is 2. The maximum Gasteiger partial charge on any atom is 0.329 e. The van der Waals surface area contributed by atoms with Crippen LogP contribution >= 0.6 is 0 Å². The lowest BCUT2D eigenvalue weighted by atomic mass is 10.1. The highest BCUT2D eigenvalue weighted by Crippen LogP contribution is 2.24. The summed E-state index contributed by atoms with van der Waals surface area (Å²) in [4.78, 5) is 22.2. The molecule has 38 heavy (non-hydrogen) atoms. The van der Waals surface area contributed by atoms with E-state index in [1.165, 1.54) is 6.07 Å². The molecule has 2 amide bonds. The average Bonchev–Trinajstić information content (AvgIpc) is 3.38. The monoisotopic (exact) mass is 525 g/mol. The van der Waals surface area contributed by atoms with E-state index in [0.717, 1.165) is 27.8 Å². The van der Waals surface area contributed by atoms with Crippen molar-refractivity contribution in [2.24, 2.45) is 0 Å². The van der Waals surface area contributed by atoms with Gasteiger partial charge in [-0.25, -0.2) is 22.9 Å². The predicted molar refractivity (Wildman–Crippen MR) is 147 cm³/mol. The second-order valence-corrected chi connectivity index (χ2v) is 10.7. The zero-order valence-corrected chi connectivity index (χ0v) is 21.8. The van der Waals surface area contributed by atoms with Gasteiger partial charge in [0.15, 0.2) is 0 Å². The highest BCUT2D eigenvalue weighted by Gasteiger charge is 2.25. The largest absolute Gasteiger partial charge is 0.329 e. The number of aryl methyl sites for hydroxylation is 2. The molecule has 0 saturated carbocycles. The Morgan fingerprint density at radius 2 is 1.71 bits per heavy atom. The van der Waals surface area contributed by atoms with E-state index >= 15 is 0 Å². The van der Waals surface area contributed by atoms with Crippen LogP contribution in [0, 0.1) is 13.8 Å². The minimum absolute atomic E-state index is 0.0521. The Hall–Kier alpha value is -4.50. The highest BCUT2D eigenvalue weighted by molar-refractivity contribution is 7.90. The molecule has 0 aliphatic rings. The zero-order valence-electron chi connectivity index (χ0n) is 21.0. The predicted octanol–water partition coefficient (Wildman–Crippen LogP) is 5.01. The van der Waals surface area contributed by atoms with Crippen molar-refractivity contribution in [3.05, 3.63) is 120 Å². The van der Waals surface area contributed by atoms with E-state index in [9.17, 15) is 13.2 Å². The van der Waals surface area contributed by atoms with E-state index in [2.05, 4.69) is 20.0 Å². The van der Waals surface area contributed by atoms with Gasteiger partial charge in [-0.15, -0.1) is 0 Å². The summed E-state index contributed by atoms with van der Waals surface area (Å²) in [6.07, 6.45) is 3.89. The number of rotatable bonds is 7. The smallest absolute Gasteiger partial charge is 0.327 e. The Balaban J connectivity index is 1.47. The fourth-order valence-corrected chi connectivity index (χ4v) is 5.60. The molecule has 5 rings (SSSR count). The van der Waals surface area contributed by atoms with Crippen molar-refractivity contribution in [2.75, 3.05) is 0 Å². The molecule has 5 aromatic rings. The van der Waals surface area contributed by atoms with Crippen molar-refractivity contribution in [3.63, 3.8) is 0 Å². The molecule has 0 spiro atoms.